The maximum Gasteiger partial charge on any atom is 0.215 e. The maximum absolute atomic E-state index is 12.4. The van der Waals surface area contributed by atoms with Crippen LogP contribution in [-0.2, 0) is 14.8 Å². The first-order valence-electron chi connectivity index (χ1n) is 7.35. The van der Waals surface area contributed by atoms with Gasteiger partial charge in [0.15, 0.2) is 0 Å². The van der Waals surface area contributed by atoms with Gasteiger partial charge in [-0.05, 0) is 5.92 Å². The highest BCUT2D eigenvalue weighted by Crippen LogP contribution is 2.07. The quantitative estimate of drug-likeness (QED) is 0.641. The lowest BCUT2D eigenvalue weighted by molar-refractivity contribution is 0.175. The molecule has 1 rings (SSSR count). The second-order valence-corrected chi connectivity index (χ2v) is 7.74. The Balaban J connectivity index is 2.51. The summed E-state index contributed by atoms with van der Waals surface area (Å²) in [5, 5.41) is 3.27. The van der Waals surface area contributed by atoms with Crippen molar-refractivity contribution in [1.29, 1.82) is 0 Å². The number of hydrogen-bond donors (Lipinski definition) is 1. The van der Waals surface area contributed by atoms with E-state index in [2.05, 4.69) is 10.2 Å². The zero-order valence-electron chi connectivity index (χ0n) is 13.0. The van der Waals surface area contributed by atoms with E-state index in [1.165, 1.54) is 0 Å². The van der Waals surface area contributed by atoms with Crippen LogP contribution in [0.15, 0.2) is 0 Å². The number of ether oxygens (including phenoxy) is 1. The van der Waals surface area contributed by atoms with E-state index in [0.717, 1.165) is 26.2 Å². The van der Waals surface area contributed by atoms with Crippen LogP contribution in [0.25, 0.3) is 0 Å². The molecule has 0 aliphatic carbocycles. The van der Waals surface area contributed by atoms with E-state index in [1.807, 2.05) is 13.8 Å². The van der Waals surface area contributed by atoms with Gasteiger partial charge < -0.3 is 10.1 Å². The summed E-state index contributed by atoms with van der Waals surface area (Å²) < 4.78 is 31.5. The molecule has 0 unspecified atom stereocenters. The van der Waals surface area contributed by atoms with Crippen molar-refractivity contribution in [3.63, 3.8) is 0 Å². The van der Waals surface area contributed by atoms with Crippen LogP contribution >= 0.6 is 0 Å². The van der Waals surface area contributed by atoms with Crippen molar-refractivity contribution in [2.45, 2.75) is 13.8 Å². The van der Waals surface area contributed by atoms with Gasteiger partial charge in [-0.1, -0.05) is 13.8 Å². The monoisotopic (exact) mass is 307 g/mol. The summed E-state index contributed by atoms with van der Waals surface area (Å²) in [6.07, 6.45) is 0. The normalized spacial score (nSPS) is 18.1. The first-order chi connectivity index (χ1) is 9.45. The third-order valence-electron chi connectivity index (χ3n) is 3.38. The molecule has 120 valence electrons. The van der Waals surface area contributed by atoms with Crippen LogP contribution in [0.3, 0.4) is 0 Å². The smallest absolute Gasteiger partial charge is 0.215 e. The largest absolute Gasteiger partial charge is 0.383 e. The van der Waals surface area contributed by atoms with E-state index in [1.54, 1.807) is 11.4 Å². The number of hydrogen-bond acceptors (Lipinski definition) is 5. The Morgan fingerprint density at radius 2 is 1.95 bits per heavy atom. The zero-order valence-corrected chi connectivity index (χ0v) is 13.8. The highest BCUT2D eigenvalue weighted by Gasteiger charge is 2.23. The molecule has 0 atom stereocenters. The fraction of sp³-hybridized carbons (Fsp3) is 1.00. The molecule has 7 heteroatoms. The number of piperazine rings is 1. The number of nitrogens with zero attached hydrogens (tertiary/aromatic N) is 2. The van der Waals surface area contributed by atoms with Crippen LogP contribution in [-0.4, -0.2) is 82.9 Å². The highest BCUT2D eigenvalue weighted by atomic mass is 32.2. The molecule has 0 amide bonds. The number of rotatable bonds is 9. The summed E-state index contributed by atoms with van der Waals surface area (Å²) in [6, 6.07) is 0. The van der Waals surface area contributed by atoms with Gasteiger partial charge in [0.05, 0.1) is 12.4 Å². The number of methoxy groups -OCH3 is 1. The predicted octanol–water partition coefficient (Wildman–Crippen LogP) is -0.174. The molecule has 1 fully saturated rings. The Morgan fingerprint density at radius 3 is 2.50 bits per heavy atom. The molecule has 20 heavy (non-hydrogen) atoms. The topological polar surface area (TPSA) is 61.9 Å². The van der Waals surface area contributed by atoms with Gasteiger partial charge in [0, 0.05) is 52.9 Å². The molecule has 0 aromatic rings. The standard InChI is InChI=1S/C13H29N3O3S/c1-13(2)12-16(8-10-19-3)20(17,18)11-9-15-6-4-14-5-7-15/h13-14H,4-12H2,1-3H3. The third-order valence-corrected chi connectivity index (χ3v) is 5.20. The number of nitrogens with one attached hydrogen (secondary N) is 1. The molecule has 0 aromatic carbocycles. The van der Waals surface area contributed by atoms with E-state index in [9.17, 15) is 8.42 Å². The molecule has 1 aliphatic heterocycles. The Kier molecular flexibility index (Phi) is 7.98. The summed E-state index contributed by atoms with van der Waals surface area (Å²) in [4.78, 5) is 2.21. The first-order valence-corrected chi connectivity index (χ1v) is 8.96. The SMILES string of the molecule is COCCN(CC(C)C)S(=O)(=O)CCN1CCNCC1. The summed E-state index contributed by atoms with van der Waals surface area (Å²) in [6.45, 7) is 9.88. The molecule has 0 bridgehead atoms. The summed E-state index contributed by atoms with van der Waals surface area (Å²) in [5.74, 6) is 0.518. The second-order valence-electron chi connectivity index (χ2n) is 5.65. The minimum absolute atomic E-state index is 0.198. The van der Waals surface area contributed by atoms with Crippen LogP contribution in [0, 0.1) is 5.92 Å². The molecule has 1 N–H and O–H groups in total. The van der Waals surface area contributed by atoms with Crippen molar-refractivity contribution in [2.75, 3.05) is 65.3 Å². The van der Waals surface area contributed by atoms with Crippen LogP contribution in [0.5, 0.6) is 0 Å². The first kappa shape index (κ1) is 17.8. The Labute approximate surface area is 123 Å². The summed E-state index contributed by atoms with van der Waals surface area (Å²) >= 11 is 0. The predicted molar refractivity (Wildman–Crippen MR) is 81.4 cm³/mol. The number of sulfonamides is 1. The molecular weight excluding hydrogens is 278 g/mol. The minimum atomic E-state index is -3.20. The lowest BCUT2D eigenvalue weighted by atomic mass is 10.2. The van der Waals surface area contributed by atoms with E-state index in [-0.39, 0.29) is 5.75 Å². The van der Waals surface area contributed by atoms with E-state index in [0.29, 0.717) is 32.2 Å². The van der Waals surface area contributed by atoms with Crippen LogP contribution in [0.1, 0.15) is 13.8 Å². The van der Waals surface area contributed by atoms with Crippen molar-refractivity contribution in [1.82, 2.24) is 14.5 Å². The molecular formula is C13H29N3O3S. The van der Waals surface area contributed by atoms with Gasteiger partial charge in [0.2, 0.25) is 10.0 Å². The molecule has 1 heterocycles. The molecule has 0 saturated carbocycles. The van der Waals surface area contributed by atoms with E-state index < -0.39 is 10.0 Å². The zero-order chi connectivity index (χ0) is 15.0. The maximum atomic E-state index is 12.4. The van der Waals surface area contributed by atoms with Gasteiger partial charge in [-0.3, -0.25) is 4.90 Å². The summed E-state index contributed by atoms with van der Waals surface area (Å²) in [5.41, 5.74) is 0. The van der Waals surface area contributed by atoms with Gasteiger partial charge in [0.25, 0.3) is 0 Å². The van der Waals surface area contributed by atoms with Crippen LogP contribution in [0.2, 0.25) is 0 Å². The van der Waals surface area contributed by atoms with Crippen molar-refractivity contribution >= 4 is 10.0 Å². The lowest BCUT2D eigenvalue weighted by Gasteiger charge is -2.29. The van der Waals surface area contributed by atoms with E-state index >= 15 is 0 Å². The van der Waals surface area contributed by atoms with E-state index in [4.69, 9.17) is 4.74 Å². The van der Waals surface area contributed by atoms with Gasteiger partial charge in [-0.25, -0.2) is 8.42 Å². The van der Waals surface area contributed by atoms with Gasteiger partial charge in [-0.2, -0.15) is 4.31 Å². The highest BCUT2D eigenvalue weighted by molar-refractivity contribution is 7.89. The Bertz CT molecular complexity index is 354. The van der Waals surface area contributed by atoms with Crippen molar-refractivity contribution in [2.24, 2.45) is 5.92 Å². The minimum Gasteiger partial charge on any atom is -0.383 e. The molecule has 0 aromatic heterocycles. The van der Waals surface area contributed by atoms with Gasteiger partial charge in [-0.15, -0.1) is 0 Å². The van der Waals surface area contributed by atoms with Crippen molar-refractivity contribution in [3.05, 3.63) is 0 Å². The van der Waals surface area contributed by atoms with Crippen LogP contribution < -0.4 is 5.32 Å². The second kappa shape index (κ2) is 8.94. The summed E-state index contributed by atoms with van der Waals surface area (Å²) in [7, 11) is -1.60. The van der Waals surface area contributed by atoms with Crippen molar-refractivity contribution < 1.29 is 13.2 Å². The third kappa shape index (κ3) is 6.49. The Hall–Kier alpha value is -0.210. The molecule has 1 aliphatic rings. The van der Waals surface area contributed by atoms with Gasteiger partial charge in [0.1, 0.15) is 0 Å². The van der Waals surface area contributed by atoms with Gasteiger partial charge >= 0.3 is 0 Å². The lowest BCUT2D eigenvalue weighted by Crippen LogP contribution is -2.47. The molecule has 1 saturated heterocycles. The fourth-order valence-corrected chi connectivity index (χ4v) is 3.88. The average molecular weight is 307 g/mol. The fourth-order valence-electron chi connectivity index (χ4n) is 2.25. The van der Waals surface area contributed by atoms with Crippen molar-refractivity contribution in [3.8, 4) is 0 Å². The Morgan fingerprint density at radius 1 is 1.30 bits per heavy atom. The average Bonchev–Trinajstić information content (AvgIpc) is 2.42. The molecule has 0 radical (unpaired) electrons. The molecule has 0 spiro atoms. The van der Waals surface area contributed by atoms with Crippen LogP contribution in [0.4, 0.5) is 0 Å². The molecule has 6 nitrogen and oxygen atoms in total.